The molecular weight excluding hydrogens is 364 g/mol. The number of piperidine rings is 1. The molecule has 162 valence electrons. The van der Waals surface area contributed by atoms with Crippen molar-refractivity contribution in [2.24, 2.45) is 23.7 Å². The van der Waals surface area contributed by atoms with Gasteiger partial charge in [0.25, 0.3) is 0 Å². The largest absolute Gasteiger partial charge is 0.508 e. The van der Waals surface area contributed by atoms with Gasteiger partial charge in [0.15, 0.2) is 0 Å². The van der Waals surface area contributed by atoms with Gasteiger partial charge in [0.2, 0.25) is 5.91 Å². The molecule has 5 heteroatoms. The molecular formula is C24H38N2O3. The standard InChI is InChI=1S/C24H38N2O3/c1-15(11-17-7-9-19(27)10-8-17)20-12-21(20)16(2)22(28)25-18-13-23(3,4)26(29)24(5,6)14-18/h7-10,15-16,18,20-21,27,29H,11-14H2,1-6H3,(H,25,28). The molecule has 0 radical (unpaired) electrons. The van der Waals surface area contributed by atoms with Gasteiger partial charge >= 0.3 is 0 Å². The van der Waals surface area contributed by atoms with Gasteiger partial charge < -0.3 is 15.6 Å². The van der Waals surface area contributed by atoms with Crippen LogP contribution in [0.1, 0.15) is 66.4 Å². The molecule has 2 fully saturated rings. The van der Waals surface area contributed by atoms with Gasteiger partial charge in [0.05, 0.1) is 0 Å². The van der Waals surface area contributed by atoms with Gasteiger partial charge in [-0.25, -0.2) is 0 Å². The topological polar surface area (TPSA) is 72.8 Å². The summed E-state index contributed by atoms with van der Waals surface area (Å²) in [6.07, 6.45) is 3.58. The van der Waals surface area contributed by atoms with Gasteiger partial charge in [-0.1, -0.05) is 26.0 Å². The number of hydrogen-bond donors (Lipinski definition) is 3. The number of benzene rings is 1. The summed E-state index contributed by atoms with van der Waals surface area (Å²) in [6, 6.07) is 7.53. The maximum absolute atomic E-state index is 12.9. The summed E-state index contributed by atoms with van der Waals surface area (Å²) in [5, 5.41) is 24.6. The summed E-state index contributed by atoms with van der Waals surface area (Å²) in [7, 11) is 0. The first kappa shape index (κ1) is 22.1. The predicted molar refractivity (Wildman–Crippen MR) is 115 cm³/mol. The monoisotopic (exact) mass is 402 g/mol. The fourth-order valence-corrected chi connectivity index (χ4v) is 5.52. The molecule has 5 nitrogen and oxygen atoms in total. The Labute approximate surface area is 175 Å². The Bertz CT molecular complexity index is 710. The Kier molecular flexibility index (Phi) is 6.03. The fraction of sp³-hybridized carbons (Fsp3) is 0.708. The molecule has 1 aliphatic heterocycles. The highest BCUT2D eigenvalue weighted by Crippen LogP contribution is 2.50. The molecule has 4 unspecified atom stereocenters. The summed E-state index contributed by atoms with van der Waals surface area (Å²) < 4.78 is 0. The minimum atomic E-state index is -0.357. The first-order valence-corrected chi connectivity index (χ1v) is 11.0. The van der Waals surface area contributed by atoms with E-state index in [1.54, 1.807) is 12.1 Å². The van der Waals surface area contributed by atoms with Crippen LogP contribution in [0.25, 0.3) is 0 Å². The van der Waals surface area contributed by atoms with E-state index in [2.05, 4.69) is 19.2 Å². The van der Waals surface area contributed by atoms with Crippen LogP contribution >= 0.6 is 0 Å². The van der Waals surface area contributed by atoms with Gasteiger partial charge in [-0.05, 0) is 88.8 Å². The minimum Gasteiger partial charge on any atom is -0.508 e. The van der Waals surface area contributed by atoms with Crippen LogP contribution in [-0.4, -0.2) is 38.4 Å². The number of rotatable bonds is 6. The maximum Gasteiger partial charge on any atom is 0.223 e. The number of phenols is 1. The van der Waals surface area contributed by atoms with Gasteiger partial charge in [0.1, 0.15) is 5.75 Å². The summed E-state index contributed by atoms with van der Waals surface area (Å²) in [4.78, 5) is 12.9. The summed E-state index contributed by atoms with van der Waals surface area (Å²) >= 11 is 0. The number of hydroxylamine groups is 2. The van der Waals surface area contributed by atoms with Crippen LogP contribution in [0.2, 0.25) is 0 Å². The zero-order chi connectivity index (χ0) is 21.6. The van der Waals surface area contributed by atoms with Gasteiger partial charge in [-0.15, -0.1) is 0 Å². The SMILES string of the molecule is CC(Cc1ccc(O)cc1)C1CC1C(C)C(=O)NC1CC(C)(C)N(O)C(C)(C)C1. The molecule has 4 atom stereocenters. The van der Waals surface area contributed by atoms with Crippen LogP contribution in [0.3, 0.4) is 0 Å². The zero-order valence-corrected chi connectivity index (χ0v) is 18.8. The molecule has 1 aliphatic carbocycles. The molecule has 2 aliphatic rings. The van der Waals surface area contributed by atoms with E-state index in [0.29, 0.717) is 23.5 Å². The van der Waals surface area contributed by atoms with Crippen LogP contribution in [0.4, 0.5) is 0 Å². The van der Waals surface area contributed by atoms with Crippen molar-refractivity contribution in [3.05, 3.63) is 29.8 Å². The maximum atomic E-state index is 12.9. The Morgan fingerprint density at radius 2 is 1.66 bits per heavy atom. The lowest BCUT2D eigenvalue weighted by atomic mass is 9.78. The second kappa shape index (κ2) is 7.92. The van der Waals surface area contributed by atoms with Crippen LogP contribution in [0.15, 0.2) is 24.3 Å². The molecule has 0 spiro atoms. The van der Waals surface area contributed by atoms with Crippen LogP contribution < -0.4 is 5.32 Å². The molecule has 1 saturated heterocycles. The second-order valence-electron chi connectivity index (χ2n) is 10.8. The van der Waals surface area contributed by atoms with Crippen molar-refractivity contribution in [3.8, 4) is 5.75 Å². The number of nitrogens with zero attached hydrogens (tertiary/aromatic N) is 1. The molecule has 0 bridgehead atoms. The molecule has 0 aromatic heterocycles. The Balaban J connectivity index is 1.53. The highest BCUT2D eigenvalue weighted by atomic mass is 16.5. The predicted octanol–water partition coefficient (Wildman–Crippen LogP) is 4.37. The molecule has 29 heavy (non-hydrogen) atoms. The van der Waals surface area contributed by atoms with E-state index in [1.807, 2.05) is 39.8 Å². The van der Waals surface area contributed by atoms with E-state index in [1.165, 1.54) is 10.6 Å². The second-order valence-corrected chi connectivity index (χ2v) is 10.8. The molecule has 1 saturated carbocycles. The zero-order valence-electron chi connectivity index (χ0n) is 18.8. The van der Waals surface area contributed by atoms with Crippen LogP contribution in [0.5, 0.6) is 5.75 Å². The Hall–Kier alpha value is -1.59. The summed E-state index contributed by atoms with van der Waals surface area (Å²) in [5.74, 6) is 2.01. The average Bonchev–Trinajstić information content (AvgIpc) is 3.41. The number of amides is 1. The molecule has 1 aromatic carbocycles. The van der Waals surface area contributed by atoms with E-state index in [4.69, 9.17) is 0 Å². The lowest BCUT2D eigenvalue weighted by Gasteiger charge is -2.51. The first-order chi connectivity index (χ1) is 13.4. The van der Waals surface area contributed by atoms with E-state index in [-0.39, 0.29) is 28.9 Å². The van der Waals surface area contributed by atoms with E-state index < -0.39 is 0 Å². The molecule has 1 aromatic rings. The third-order valence-electron chi connectivity index (χ3n) is 7.16. The third-order valence-corrected chi connectivity index (χ3v) is 7.16. The molecule has 3 rings (SSSR count). The lowest BCUT2D eigenvalue weighted by molar-refractivity contribution is -0.246. The summed E-state index contributed by atoms with van der Waals surface area (Å²) in [5.41, 5.74) is 0.520. The fourth-order valence-electron chi connectivity index (χ4n) is 5.52. The van der Waals surface area contributed by atoms with Crippen LogP contribution in [0, 0.1) is 23.7 Å². The van der Waals surface area contributed by atoms with Crippen molar-refractivity contribution >= 4 is 5.91 Å². The Morgan fingerprint density at radius 1 is 1.10 bits per heavy atom. The normalized spacial score (nSPS) is 28.5. The van der Waals surface area contributed by atoms with Crippen molar-refractivity contribution in [2.45, 2.75) is 84.3 Å². The first-order valence-electron chi connectivity index (χ1n) is 11.0. The van der Waals surface area contributed by atoms with E-state index >= 15 is 0 Å². The van der Waals surface area contributed by atoms with E-state index in [9.17, 15) is 15.1 Å². The highest BCUT2D eigenvalue weighted by Gasteiger charge is 2.48. The molecule has 1 heterocycles. The number of carbonyl (C=O) groups excluding carboxylic acids is 1. The Morgan fingerprint density at radius 3 is 2.21 bits per heavy atom. The van der Waals surface area contributed by atoms with Gasteiger partial charge in [-0.2, -0.15) is 5.06 Å². The number of aromatic hydroxyl groups is 1. The average molecular weight is 403 g/mol. The quantitative estimate of drug-likeness (QED) is 0.661. The van der Waals surface area contributed by atoms with Crippen molar-refractivity contribution in [1.29, 1.82) is 0 Å². The highest BCUT2D eigenvalue weighted by molar-refractivity contribution is 5.79. The van der Waals surface area contributed by atoms with Crippen molar-refractivity contribution in [3.63, 3.8) is 0 Å². The van der Waals surface area contributed by atoms with Gasteiger partial charge in [0, 0.05) is 23.0 Å². The number of hydrogen-bond acceptors (Lipinski definition) is 4. The minimum absolute atomic E-state index is 0.0145. The molecule has 3 N–H and O–H groups in total. The number of nitrogens with one attached hydrogen (secondary N) is 1. The number of carbonyl (C=O) groups is 1. The summed E-state index contributed by atoms with van der Waals surface area (Å²) in [6.45, 7) is 12.4. The van der Waals surface area contributed by atoms with Gasteiger partial charge in [-0.3, -0.25) is 4.79 Å². The van der Waals surface area contributed by atoms with E-state index in [0.717, 1.165) is 25.7 Å². The van der Waals surface area contributed by atoms with Crippen molar-refractivity contribution < 1.29 is 15.1 Å². The lowest BCUT2D eigenvalue weighted by Crippen LogP contribution is -2.63. The number of phenolic OH excluding ortho intramolecular Hbond substituents is 1. The van der Waals surface area contributed by atoms with Crippen LogP contribution in [-0.2, 0) is 11.2 Å². The third kappa shape index (κ3) is 4.95. The van der Waals surface area contributed by atoms with Crippen molar-refractivity contribution in [1.82, 2.24) is 10.4 Å². The van der Waals surface area contributed by atoms with Crippen molar-refractivity contribution in [2.75, 3.05) is 0 Å². The molecule has 1 amide bonds. The smallest absolute Gasteiger partial charge is 0.223 e.